The van der Waals surface area contributed by atoms with E-state index in [0.29, 0.717) is 0 Å². The smallest absolute Gasteiger partial charge is 0.326 e. The largest absolute Gasteiger partial charge is 0.481 e. The van der Waals surface area contributed by atoms with E-state index in [2.05, 4.69) is 15.6 Å². The second-order valence-corrected chi connectivity index (χ2v) is 6.45. The molecule has 0 aliphatic rings. The first-order valence-corrected chi connectivity index (χ1v) is 9.08. The molecule has 0 fully saturated rings. The standard InChI is InChI=1S/C16H29N7O7/c17-8(3-6-12(25)26)13(27)22-9(2-1-7-21-16(19)20)14(28)23-10(15(29)30)4-5-11(18)24/h8-10H,1-7,17H2,(H2,18,24)(H,22,27)(H,23,28)(H,25,26)(H,29,30)(H4,19,20,21)/t8-,9-,10-/m0/s1. The van der Waals surface area contributed by atoms with Crippen molar-refractivity contribution in [3.8, 4) is 0 Å². The van der Waals surface area contributed by atoms with Crippen molar-refractivity contribution in [2.75, 3.05) is 6.54 Å². The molecule has 0 aromatic heterocycles. The third-order valence-corrected chi connectivity index (χ3v) is 3.88. The number of nitrogens with zero attached hydrogens (tertiary/aromatic N) is 1. The van der Waals surface area contributed by atoms with Gasteiger partial charge in [-0.1, -0.05) is 0 Å². The van der Waals surface area contributed by atoms with Crippen LogP contribution in [0.1, 0.15) is 38.5 Å². The van der Waals surface area contributed by atoms with Crippen LogP contribution in [0.25, 0.3) is 0 Å². The van der Waals surface area contributed by atoms with E-state index in [1.165, 1.54) is 0 Å². The Morgan fingerprint density at radius 2 is 1.43 bits per heavy atom. The number of carbonyl (C=O) groups is 5. The van der Waals surface area contributed by atoms with Crippen molar-refractivity contribution in [2.45, 2.75) is 56.7 Å². The molecule has 0 saturated heterocycles. The van der Waals surface area contributed by atoms with Gasteiger partial charge in [0, 0.05) is 19.4 Å². The molecule has 0 unspecified atom stereocenters. The SMILES string of the molecule is NC(=O)CC[C@H](NC(=O)[C@H](CCCN=C(N)N)NC(=O)[C@@H](N)CCC(=O)O)C(=O)O. The first kappa shape index (κ1) is 26.6. The van der Waals surface area contributed by atoms with Crippen LogP contribution in [-0.4, -0.2) is 70.5 Å². The second kappa shape index (κ2) is 13.7. The maximum Gasteiger partial charge on any atom is 0.326 e. The summed E-state index contributed by atoms with van der Waals surface area (Å²) in [5.41, 5.74) is 21.1. The monoisotopic (exact) mass is 431 g/mol. The summed E-state index contributed by atoms with van der Waals surface area (Å²) >= 11 is 0. The summed E-state index contributed by atoms with van der Waals surface area (Å²) in [6.07, 6.45) is -0.687. The topological polar surface area (TPSA) is 266 Å². The molecule has 12 N–H and O–H groups in total. The summed E-state index contributed by atoms with van der Waals surface area (Å²) in [7, 11) is 0. The Balaban J connectivity index is 5.14. The lowest BCUT2D eigenvalue weighted by Gasteiger charge is -2.22. The number of carbonyl (C=O) groups excluding carboxylic acids is 3. The van der Waals surface area contributed by atoms with Crippen molar-refractivity contribution in [2.24, 2.45) is 27.9 Å². The second-order valence-electron chi connectivity index (χ2n) is 6.45. The minimum atomic E-state index is -1.40. The predicted octanol–water partition coefficient (Wildman–Crippen LogP) is -3.45. The average Bonchev–Trinajstić information content (AvgIpc) is 2.64. The van der Waals surface area contributed by atoms with Crippen LogP contribution in [-0.2, 0) is 24.0 Å². The van der Waals surface area contributed by atoms with Gasteiger partial charge in [-0.2, -0.15) is 0 Å². The molecule has 0 spiro atoms. The normalized spacial score (nSPS) is 13.4. The first-order chi connectivity index (χ1) is 13.9. The van der Waals surface area contributed by atoms with Crippen molar-refractivity contribution in [3.63, 3.8) is 0 Å². The number of nitrogens with one attached hydrogen (secondary N) is 2. The molecule has 3 amide bonds. The summed E-state index contributed by atoms with van der Waals surface area (Å²) < 4.78 is 0. The van der Waals surface area contributed by atoms with Crippen LogP contribution in [0.2, 0.25) is 0 Å². The Labute approximate surface area is 172 Å². The Morgan fingerprint density at radius 3 is 1.93 bits per heavy atom. The highest BCUT2D eigenvalue weighted by molar-refractivity contribution is 5.92. The van der Waals surface area contributed by atoms with Gasteiger partial charge in [0.2, 0.25) is 17.7 Å². The van der Waals surface area contributed by atoms with Gasteiger partial charge < -0.3 is 43.8 Å². The van der Waals surface area contributed by atoms with E-state index < -0.39 is 47.8 Å². The van der Waals surface area contributed by atoms with E-state index in [1.54, 1.807) is 0 Å². The van der Waals surface area contributed by atoms with Crippen LogP contribution < -0.4 is 33.6 Å². The number of hydrogen-bond acceptors (Lipinski definition) is 7. The predicted molar refractivity (Wildman–Crippen MR) is 105 cm³/mol. The number of nitrogens with two attached hydrogens (primary N) is 4. The maximum atomic E-state index is 12.5. The molecule has 3 atom stereocenters. The first-order valence-electron chi connectivity index (χ1n) is 9.08. The number of rotatable bonds is 15. The fraction of sp³-hybridized carbons (Fsp3) is 0.625. The van der Waals surface area contributed by atoms with Crippen molar-refractivity contribution in [3.05, 3.63) is 0 Å². The van der Waals surface area contributed by atoms with Gasteiger partial charge in [-0.15, -0.1) is 0 Å². The Hall–Kier alpha value is -3.42. The van der Waals surface area contributed by atoms with Gasteiger partial charge in [-0.3, -0.25) is 24.2 Å². The van der Waals surface area contributed by atoms with Crippen molar-refractivity contribution in [1.82, 2.24) is 10.6 Å². The number of aliphatic carboxylic acids is 2. The van der Waals surface area contributed by atoms with Crippen molar-refractivity contribution >= 4 is 35.6 Å². The van der Waals surface area contributed by atoms with E-state index in [4.69, 9.17) is 28.0 Å². The lowest BCUT2D eigenvalue weighted by molar-refractivity contribution is -0.142. The minimum Gasteiger partial charge on any atom is -0.481 e. The molecule has 0 aliphatic heterocycles. The molecule has 0 saturated carbocycles. The lowest BCUT2D eigenvalue weighted by atomic mass is 10.1. The highest BCUT2D eigenvalue weighted by atomic mass is 16.4. The summed E-state index contributed by atoms with van der Waals surface area (Å²) in [5, 5.41) is 22.5. The number of primary amides is 1. The van der Waals surface area contributed by atoms with Gasteiger partial charge in [0.15, 0.2) is 5.96 Å². The number of carboxylic acids is 2. The van der Waals surface area contributed by atoms with Gasteiger partial charge in [0.1, 0.15) is 12.1 Å². The molecule has 14 heteroatoms. The fourth-order valence-corrected chi connectivity index (χ4v) is 2.28. The summed E-state index contributed by atoms with van der Waals surface area (Å²) in [6, 6.07) is -3.76. The fourth-order valence-electron chi connectivity index (χ4n) is 2.28. The molecule has 170 valence electrons. The molecule has 0 heterocycles. The zero-order chi connectivity index (χ0) is 23.3. The number of hydrogen-bond donors (Lipinski definition) is 8. The average molecular weight is 431 g/mol. The van der Waals surface area contributed by atoms with Gasteiger partial charge in [0.25, 0.3) is 0 Å². The zero-order valence-electron chi connectivity index (χ0n) is 16.4. The highest BCUT2D eigenvalue weighted by Crippen LogP contribution is 2.04. The molecule has 0 aromatic carbocycles. The summed E-state index contributed by atoms with van der Waals surface area (Å²) in [5.74, 6) is -5.01. The molecule has 0 rings (SSSR count). The highest BCUT2D eigenvalue weighted by Gasteiger charge is 2.28. The Kier molecular flexibility index (Phi) is 12.1. The molecule has 0 radical (unpaired) electrons. The summed E-state index contributed by atoms with van der Waals surface area (Å²) in [6.45, 7) is 0.150. The molecule has 14 nitrogen and oxygen atoms in total. The molecule has 30 heavy (non-hydrogen) atoms. The van der Waals surface area contributed by atoms with Crippen LogP contribution in [0, 0.1) is 0 Å². The van der Waals surface area contributed by atoms with E-state index in [1.807, 2.05) is 0 Å². The van der Waals surface area contributed by atoms with E-state index in [-0.39, 0.29) is 51.0 Å². The number of aliphatic imine (C=N–C) groups is 1. The third kappa shape index (κ3) is 12.1. The third-order valence-electron chi connectivity index (χ3n) is 3.88. The van der Waals surface area contributed by atoms with Crippen molar-refractivity contribution in [1.29, 1.82) is 0 Å². The van der Waals surface area contributed by atoms with E-state index in [9.17, 15) is 29.1 Å². The number of carboxylic acid groups (broad SMARTS) is 2. The quantitative estimate of drug-likeness (QED) is 0.0721. The van der Waals surface area contributed by atoms with Crippen LogP contribution in [0.5, 0.6) is 0 Å². The van der Waals surface area contributed by atoms with Crippen molar-refractivity contribution < 1.29 is 34.2 Å². The van der Waals surface area contributed by atoms with Gasteiger partial charge in [0.05, 0.1) is 6.04 Å². The van der Waals surface area contributed by atoms with E-state index >= 15 is 0 Å². The zero-order valence-corrected chi connectivity index (χ0v) is 16.4. The molecule has 0 bridgehead atoms. The molecular formula is C16H29N7O7. The van der Waals surface area contributed by atoms with E-state index in [0.717, 1.165) is 0 Å². The van der Waals surface area contributed by atoms with Crippen LogP contribution >= 0.6 is 0 Å². The van der Waals surface area contributed by atoms with Crippen LogP contribution in [0.15, 0.2) is 4.99 Å². The molecule has 0 aliphatic carbocycles. The summed E-state index contributed by atoms with van der Waals surface area (Å²) in [4.78, 5) is 61.3. The Morgan fingerprint density at radius 1 is 0.833 bits per heavy atom. The molecule has 0 aromatic rings. The van der Waals surface area contributed by atoms with Crippen LogP contribution in [0.3, 0.4) is 0 Å². The van der Waals surface area contributed by atoms with Crippen LogP contribution in [0.4, 0.5) is 0 Å². The van der Waals surface area contributed by atoms with Gasteiger partial charge >= 0.3 is 11.9 Å². The number of guanidine groups is 1. The van der Waals surface area contributed by atoms with Gasteiger partial charge in [-0.25, -0.2) is 4.79 Å². The molecular weight excluding hydrogens is 402 g/mol. The van der Waals surface area contributed by atoms with Gasteiger partial charge in [-0.05, 0) is 25.7 Å². The number of amides is 3. The lowest BCUT2D eigenvalue weighted by Crippen LogP contribution is -2.54. The minimum absolute atomic E-state index is 0.0438. The Bertz CT molecular complexity index is 664. The maximum absolute atomic E-state index is 12.5.